The van der Waals surface area contributed by atoms with Crippen LogP contribution in [0.3, 0.4) is 0 Å². The van der Waals surface area contributed by atoms with Gasteiger partial charge in [-0.15, -0.1) is 0 Å². The zero-order valence-electron chi connectivity index (χ0n) is 6.91. The monoisotopic (exact) mass is 256 g/mol. The molecule has 0 amide bonds. The van der Waals surface area contributed by atoms with E-state index in [1.807, 2.05) is 0 Å². The summed E-state index contributed by atoms with van der Waals surface area (Å²) in [7, 11) is 1.15. The van der Waals surface area contributed by atoms with Gasteiger partial charge in [-0.05, 0) is 6.07 Å². The Morgan fingerprint density at radius 2 is 1.86 bits per heavy atom. The number of carbonyl (C=O) groups excluding carboxylic acids is 1. The van der Waals surface area contributed by atoms with E-state index in [-0.39, 0.29) is 20.6 Å². The standard InChI is InChI=1S/C8H4Cl3FO2/c1-14-8(13)3-2-4(12)6(10)7(11)5(3)9/h2H,1H3. The van der Waals surface area contributed by atoms with Crippen molar-refractivity contribution < 1.29 is 13.9 Å². The lowest BCUT2D eigenvalue weighted by atomic mass is 10.2. The highest BCUT2D eigenvalue weighted by Gasteiger charge is 2.19. The molecule has 2 nitrogen and oxygen atoms in total. The number of esters is 1. The highest BCUT2D eigenvalue weighted by atomic mass is 35.5. The molecule has 0 aliphatic rings. The second kappa shape index (κ2) is 4.34. The smallest absolute Gasteiger partial charge is 0.339 e. The zero-order chi connectivity index (χ0) is 10.9. The van der Waals surface area contributed by atoms with Gasteiger partial charge in [0.25, 0.3) is 0 Å². The number of rotatable bonds is 1. The van der Waals surface area contributed by atoms with E-state index in [0.29, 0.717) is 0 Å². The third kappa shape index (κ3) is 1.95. The Balaban J connectivity index is 3.40. The molecule has 1 aromatic rings. The normalized spacial score (nSPS) is 10.1. The summed E-state index contributed by atoms with van der Waals surface area (Å²) in [4.78, 5) is 11.1. The Morgan fingerprint density at radius 3 is 2.36 bits per heavy atom. The maximum atomic E-state index is 13.0. The van der Waals surface area contributed by atoms with Gasteiger partial charge in [0.2, 0.25) is 0 Å². The molecule has 0 aliphatic heterocycles. The first-order valence-electron chi connectivity index (χ1n) is 3.40. The summed E-state index contributed by atoms with van der Waals surface area (Å²) in [5, 5.41) is -0.636. The zero-order valence-corrected chi connectivity index (χ0v) is 9.17. The summed E-state index contributed by atoms with van der Waals surface area (Å²) in [6.07, 6.45) is 0. The minimum Gasteiger partial charge on any atom is -0.465 e. The number of benzene rings is 1. The van der Waals surface area contributed by atoms with Gasteiger partial charge >= 0.3 is 5.97 Å². The topological polar surface area (TPSA) is 26.3 Å². The van der Waals surface area contributed by atoms with Crippen molar-refractivity contribution in [1.29, 1.82) is 0 Å². The summed E-state index contributed by atoms with van der Waals surface area (Å²) in [6.45, 7) is 0. The van der Waals surface area contributed by atoms with E-state index in [4.69, 9.17) is 34.8 Å². The largest absolute Gasteiger partial charge is 0.465 e. The van der Waals surface area contributed by atoms with Crippen LogP contribution in [0.15, 0.2) is 6.07 Å². The fourth-order valence-electron chi connectivity index (χ4n) is 0.831. The molecule has 0 aliphatic carbocycles. The lowest BCUT2D eigenvalue weighted by Crippen LogP contribution is -2.03. The van der Waals surface area contributed by atoms with E-state index in [1.165, 1.54) is 0 Å². The molecule has 0 radical (unpaired) electrons. The molecule has 0 atom stereocenters. The van der Waals surface area contributed by atoms with Crippen molar-refractivity contribution in [2.45, 2.75) is 0 Å². The van der Waals surface area contributed by atoms with Gasteiger partial charge in [-0.1, -0.05) is 34.8 Å². The van der Waals surface area contributed by atoms with Crippen molar-refractivity contribution >= 4 is 40.8 Å². The number of ether oxygens (including phenoxy) is 1. The molecule has 0 bridgehead atoms. The Labute approximate surface area is 94.5 Å². The van der Waals surface area contributed by atoms with Gasteiger partial charge in [-0.3, -0.25) is 0 Å². The first kappa shape index (κ1) is 11.6. The minimum atomic E-state index is -0.818. The number of hydrogen-bond acceptors (Lipinski definition) is 2. The summed E-state index contributed by atoms with van der Waals surface area (Å²) >= 11 is 16.7. The molecule has 0 spiro atoms. The third-order valence-corrected chi connectivity index (χ3v) is 2.84. The van der Waals surface area contributed by atoms with Gasteiger partial charge in [-0.25, -0.2) is 9.18 Å². The summed E-state index contributed by atoms with van der Waals surface area (Å²) in [5.41, 5.74) is -0.152. The lowest BCUT2D eigenvalue weighted by Gasteiger charge is -2.05. The van der Waals surface area contributed by atoms with E-state index in [1.54, 1.807) is 0 Å². The molecule has 0 N–H and O–H groups in total. The molecular weight excluding hydrogens is 253 g/mol. The van der Waals surface area contributed by atoms with Gasteiger partial charge in [0.05, 0.1) is 27.7 Å². The van der Waals surface area contributed by atoms with Crippen molar-refractivity contribution in [3.63, 3.8) is 0 Å². The third-order valence-electron chi connectivity index (χ3n) is 1.51. The first-order chi connectivity index (χ1) is 6.49. The number of hydrogen-bond donors (Lipinski definition) is 0. The second-order valence-corrected chi connectivity index (χ2v) is 3.47. The number of methoxy groups -OCH3 is 1. The number of carbonyl (C=O) groups is 1. The molecule has 6 heteroatoms. The van der Waals surface area contributed by atoms with Crippen LogP contribution in [0.5, 0.6) is 0 Å². The van der Waals surface area contributed by atoms with E-state index < -0.39 is 11.8 Å². The fraction of sp³-hybridized carbons (Fsp3) is 0.125. The molecule has 14 heavy (non-hydrogen) atoms. The Hall–Kier alpha value is -0.510. The Kier molecular flexibility index (Phi) is 3.59. The van der Waals surface area contributed by atoms with Crippen LogP contribution in [0, 0.1) is 5.82 Å². The second-order valence-electron chi connectivity index (χ2n) is 2.34. The average Bonchev–Trinajstić information content (AvgIpc) is 2.19. The van der Waals surface area contributed by atoms with E-state index in [2.05, 4.69) is 4.74 Å². The van der Waals surface area contributed by atoms with E-state index in [0.717, 1.165) is 13.2 Å². The van der Waals surface area contributed by atoms with Crippen LogP contribution in [-0.2, 0) is 4.74 Å². The maximum Gasteiger partial charge on any atom is 0.339 e. The van der Waals surface area contributed by atoms with Crippen molar-refractivity contribution in [2.24, 2.45) is 0 Å². The molecular formula is C8H4Cl3FO2. The summed E-state index contributed by atoms with van der Waals surface area (Å²) < 4.78 is 17.4. The van der Waals surface area contributed by atoms with Gasteiger partial charge in [0, 0.05) is 0 Å². The summed E-state index contributed by atoms with van der Waals surface area (Å²) in [6, 6.07) is 0.877. The molecule has 0 saturated carbocycles. The van der Waals surface area contributed by atoms with Crippen molar-refractivity contribution in [2.75, 3.05) is 7.11 Å². The first-order valence-corrected chi connectivity index (χ1v) is 4.53. The van der Waals surface area contributed by atoms with Crippen LogP contribution in [0.2, 0.25) is 15.1 Å². The van der Waals surface area contributed by atoms with Crippen LogP contribution in [0.25, 0.3) is 0 Å². The molecule has 76 valence electrons. The summed E-state index contributed by atoms with van der Waals surface area (Å²) in [5.74, 6) is -1.59. The predicted molar refractivity (Wildman–Crippen MR) is 52.8 cm³/mol. The molecule has 0 unspecified atom stereocenters. The Morgan fingerprint density at radius 1 is 1.29 bits per heavy atom. The molecule has 1 rings (SSSR count). The molecule has 0 aromatic heterocycles. The highest BCUT2D eigenvalue weighted by Crippen LogP contribution is 2.35. The van der Waals surface area contributed by atoms with Crippen LogP contribution in [0.4, 0.5) is 4.39 Å². The van der Waals surface area contributed by atoms with E-state index >= 15 is 0 Å². The van der Waals surface area contributed by atoms with E-state index in [9.17, 15) is 9.18 Å². The van der Waals surface area contributed by atoms with Crippen molar-refractivity contribution in [3.8, 4) is 0 Å². The Bertz CT molecular complexity index is 393. The minimum absolute atomic E-state index is 0.120. The van der Waals surface area contributed by atoms with Crippen LogP contribution in [-0.4, -0.2) is 13.1 Å². The molecule has 1 aromatic carbocycles. The van der Waals surface area contributed by atoms with Crippen LogP contribution < -0.4 is 0 Å². The predicted octanol–water partition coefficient (Wildman–Crippen LogP) is 3.57. The lowest BCUT2D eigenvalue weighted by molar-refractivity contribution is 0.0600. The van der Waals surface area contributed by atoms with Crippen molar-refractivity contribution in [3.05, 3.63) is 32.5 Å². The van der Waals surface area contributed by atoms with Gasteiger partial charge < -0.3 is 4.74 Å². The van der Waals surface area contributed by atoms with Crippen molar-refractivity contribution in [1.82, 2.24) is 0 Å². The molecule has 0 heterocycles. The molecule has 0 saturated heterocycles. The fourth-order valence-corrected chi connectivity index (χ4v) is 1.45. The SMILES string of the molecule is COC(=O)c1cc(F)c(Cl)c(Cl)c1Cl. The highest BCUT2D eigenvalue weighted by molar-refractivity contribution is 6.49. The maximum absolute atomic E-state index is 13.0. The number of halogens is 4. The van der Waals surface area contributed by atoms with Gasteiger partial charge in [0.15, 0.2) is 0 Å². The average molecular weight is 257 g/mol. The van der Waals surface area contributed by atoms with Crippen LogP contribution >= 0.6 is 34.8 Å². The van der Waals surface area contributed by atoms with Gasteiger partial charge in [-0.2, -0.15) is 0 Å². The van der Waals surface area contributed by atoms with Gasteiger partial charge in [0.1, 0.15) is 5.82 Å². The quantitative estimate of drug-likeness (QED) is 0.437. The van der Waals surface area contributed by atoms with Crippen LogP contribution in [0.1, 0.15) is 10.4 Å². The molecule has 0 fully saturated rings.